The second-order valence-corrected chi connectivity index (χ2v) is 5.21. The van der Waals surface area contributed by atoms with E-state index in [9.17, 15) is 14.4 Å². The molecule has 1 aliphatic carbocycles. The fourth-order valence-corrected chi connectivity index (χ4v) is 1.87. The Hall–Kier alpha value is -3.10. The highest BCUT2D eigenvalue weighted by molar-refractivity contribution is 5.97. The van der Waals surface area contributed by atoms with Gasteiger partial charge in [0.2, 0.25) is 0 Å². The first-order chi connectivity index (χ1) is 11.6. The Morgan fingerprint density at radius 3 is 2.62 bits per heavy atom. The smallest absolute Gasteiger partial charge is 0.378 e. The van der Waals surface area contributed by atoms with Crippen LogP contribution in [0.2, 0.25) is 0 Å². The van der Waals surface area contributed by atoms with E-state index in [4.69, 9.17) is 9.47 Å². The van der Waals surface area contributed by atoms with Crippen molar-refractivity contribution in [2.75, 3.05) is 6.61 Å². The molecule has 1 fully saturated rings. The summed E-state index contributed by atoms with van der Waals surface area (Å²) in [6, 6.07) is 8.47. The third kappa shape index (κ3) is 4.00. The van der Waals surface area contributed by atoms with Crippen molar-refractivity contribution < 1.29 is 23.9 Å². The molecule has 9 heteroatoms. The molecule has 3 rings (SSSR count). The molecule has 0 unspecified atom stereocenters. The van der Waals surface area contributed by atoms with Crippen LogP contribution in [0.4, 0.5) is 0 Å². The van der Waals surface area contributed by atoms with Crippen LogP contribution in [-0.4, -0.2) is 50.6 Å². The molecule has 0 N–H and O–H groups in total. The van der Waals surface area contributed by atoms with Gasteiger partial charge in [0.15, 0.2) is 12.4 Å². The van der Waals surface area contributed by atoms with Crippen LogP contribution in [0.25, 0.3) is 0 Å². The molecule has 124 valence electrons. The van der Waals surface area contributed by atoms with Crippen molar-refractivity contribution in [3.8, 4) is 0 Å². The average Bonchev–Trinajstić information content (AvgIpc) is 3.28. The molecule has 1 aromatic carbocycles. The average molecular weight is 330 g/mol. The van der Waals surface area contributed by atoms with Crippen LogP contribution in [0.1, 0.15) is 33.8 Å². The molecule has 0 radical (unpaired) electrons. The molecule has 0 atom stereocenters. The molecule has 1 saturated carbocycles. The number of rotatable bonds is 7. The predicted molar refractivity (Wildman–Crippen MR) is 78.0 cm³/mol. The van der Waals surface area contributed by atoms with E-state index in [-0.39, 0.29) is 24.3 Å². The summed E-state index contributed by atoms with van der Waals surface area (Å²) in [6.07, 6.45) is 1.53. The van der Waals surface area contributed by atoms with Gasteiger partial charge in [-0.2, -0.15) is 0 Å². The summed E-state index contributed by atoms with van der Waals surface area (Å²) in [5.74, 6) is -1.91. The Morgan fingerprint density at radius 2 is 1.92 bits per heavy atom. The van der Waals surface area contributed by atoms with Gasteiger partial charge in [0, 0.05) is 5.56 Å². The third-order valence-electron chi connectivity index (χ3n) is 3.25. The molecule has 1 aromatic heterocycles. The molecule has 0 bridgehead atoms. The monoisotopic (exact) mass is 330 g/mol. The Morgan fingerprint density at radius 1 is 1.17 bits per heavy atom. The lowest BCUT2D eigenvalue weighted by Gasteiger charge is -2.06. The minimum absolute atomic E-state index is 0.0990. The number of benzene rings is 1. The summed E-state index contributed by atoms with van der Waals surface area (Å²) >= 11 is 0. The Bertz CT molecular complexity index is 754. The predicted octanol–water partition coefficient (Wildman–Crippen LogP) is 0.418. The van der Waals surface area contributed by atoms with Crippen molar-refractivity contribution in [3.63, 3.8) is 0 Å². The Balaban J connectivity index is 1.53. The summed E-state index contributed by atoms with van der Waals surface area (Å²) < 4.78 is 11.0. The summed E-state index contributed by atoms with van der Waals surface area (Å²) in [4.78, 5) is 35.5. The first kappa shape index (κ1) is 15.8. The van der Waals surface area contributed by atoms with E-state index in [1.807, 2.05) is 0 Å². The molecular formula is C15H14N4O5. The first-order valence-electron chi connectivity index (χ1n) is 7.34. The van der Waals surface area contributed by atoms with Crippen molar-refractivity contribution in [2.24, 2.45) is 0 Å². The Labute approximate surface area is 136 Å². The van der Waals surface area contributed by atoms with Gasteiger partial charge in [-0.25, -0.2) is 9.48 Å². The molecule has 24 heavy (non-hydrogen) atoms. The van der Waals surface area contributed by atoms with E-state index in [1.54, 1.807) is 30.3 Å². The lowest BCUT2D eigenvalue weighted by Crippen LogP contribution is -2.22. The largest absolute Gasteiger partial charge is 0.456 e. The first-order valence-corrected chi connectivity index (χ1v) is 7.34. The fraction of sp³-hybridized carbons (Fsp3) is 0.333. The normalized spacial score (nSPS) is 13.3. The summed E-state index contributed by atoms with van der Waals surface area (Å²) in [6.45, 7) is -0.781. The van der Waals surface area contributed by atoms with Gasteiger partial charge < -0.3 is 9.47 Å². The number of tetrazole rings is 1. The molecule has 0 saturated heterocycles. The summed E-state index contributed by atoms with van der Waals surface area (Å²) in [7, 11) is 0. The van der Waals surface area contributed by atoms with Gasteiger partial charge in [0.05, 0.1) is 0 Å². The van der Waals surface area contributed by atoms with Crippen LogP contribution in [0, 0.1) is 0 Å². The zero-order valence-electron chi connectivity index (χ0n) is 12.6. The van der Waals surface area contributed by atoms with Crippen LogP contribution in [0.5, 0.6) is 0 Å². The van der Waals surface area contributed by atoms with Crippen LogP contribution in [-0.2, 0) is 20.8 Å². The van der Waals surface area contributed by atoms with E-state index >= 15 is 0 Å². The van der Waals surface area contributed by atoms with E-state index in [2.05, 4.69) is 15.5 Å². The molecule has 2 aromatic rings. The molecule has 1 aliphatic rings. The van der Waals surface area contributed by atoms with E-state index in [0.717, 1.165) is 17.5 Å². The standard InChI is InChI=1S/C15H14N4O5/c20-12(10-4-2-1-3-5-10)9-23-13(21)8-19-14(16-17-18-19)15(22)24-11-6-7-11/h1-5,11H,6-9H2. The second-order valence-electron chi connectivity index (χ2n) is 5.21. The van der Waals surface area contributed by atoms with E-state index in [1.165, 1.54) is 0 Å². The molecule has 1 heterocycles. The number of esters is 2. The van der Waals surface area contributed by atoms with Gasteiger partial charge >= 0.3 is 11.9 Å². The topological polar surface area (TPSA) is 113 Å². The van der Waals surface area contributed by atoms with Gasteiger partial charge in [0.1, 0.15) is 12.6 Å². The summed E-state index contributed by atoms with van der Waals surface area (Å²) in [5.41, 5.74) is 0.446. The quantitative estimate of drug-likeness (QED) is 0.530. The number of hydrogen-bond acceptors (Lipinski definition) is 8. The van der Waals surface area contributed by atoms with Gasteiger partial charge in [-0.3, -0.25) is 9.59 Å². The highest BCUT2D eigenvalue weighted by Crippen LogP contribution is 2.24. The maximum Gasteiger partial charge on any atom is 0.378 e. The van der Waals surface area contributed by atoms with Gasteiger partial charge in [0.25, 0.3) is 5.82 Å². The van der Waals surface area contributed by atoms with Gasteiger partial charge in [-0.1, -0.05) is 30.3 Å². The van der Waals surface area contributed by atoms with Gasteiger partial charge in [-0.15, -0.1) is 5.10 Å². The summed E-state index contributed by atoms with van der Waals surface area (Å²) in [5, 5.41) is 10.5. The number of aromatic nitrogens is 4. The Kier molecular flexibility index (Phi) is 4.59. The van der Waals surface area contributed by atoms with Crippen molar-refractivity contribution in [1.29, 1.82) is 0 Å². The van der Waals surface area contributed by atoms with E-state index < -0.39 is 18.5 Å². The zero-order chi connectivity index (χ0) is 16.9. The van der Waals surface area contributed by atoms with Crippen LogP contribution in [0.15, 0.2) is 30.3 Å². The fourth-order valence-electron chi connectivity index (χ4n) is 1.87. The maximum absolute atomic E-state index is 11.9. The number of hydrogen-bond donors (Lipinski definition) is 0. The zero-order valence-corrected chi connectivity index (χ0v) is 12.6. The number of carbonyl (C=O) groups is 3. The number of ketones is 1. The van der Waals surface area contributed by atoms with Crippen molar-refractivity contribution >= 4 is 17.7 Å². The highest BCUT2D eigenvalue weighted by atomic mass is 16.6. The molecule has 9 nitrogen and oxygen atoms in total. The number of nitrogens with zero attached hydrogens (tertiary/aromatic N) is 4. The second kappa shape index (κ2) is 6.99. The third-order valence-corrected chi connectivity index (χ3v) is 3.25. The molecular weight excluding hydrogens is 316 g/mol. The molecule has 0 spiro atoms. The number of carbonyl (C=O) groups excluding carboxylic acids is 3. The van der Waals surface area contributed by atoms with Crippen molar-refractivity contribution in [3.05, 3.63) is 41.7 Å². The minimum Gasteiger partial charge on any atom is -0.456 e. The lowest BCUT2D eigenvalue weighted by molar-refractivity contribution is -0.143. The lowest BCUT2D eigenvalue weighted by atomic mass is 10.1. The van der Waals surface area contributed by atoms with Crippen LogP contribution < -0.4 is 0 Å². The van der Waals surface area contributed by atoms with Gasteiger partial charge in [-0.05, 0) is 23.3 Å². The van der Waals surface area contributed by atoms with Crippen molar-refractivity contribution in [1.82, 2.24) is 20.2 Å². The van der Waals surface area contributed by atoms with Crippen LogP contribution in [0.3, 0.4) is 0 Å². The highest BCUT2D eigenvalue weighted by Gasteiger charge is 2.29. The van der Waals surface area contributed by atoms with Crippen LogP contribution >= 0.6 is 0 Å². The van der Waals surface area contributed by atoms with E-state index in [0.29, 0.717) is 5.56 Å². The molecule has 0 aliphatic heterocycles. The SMILES string of the molecule is O=C(Cn1nnnc1C(=O)OC1CC1)OCC(=O)c1ccccc1. The maximum atomic E-state index is 11.9. The number of ether oxygens (including phenoxy) is 2. The minimum atomic E-state index is -0.730. The van der Waals surface area contributed by atoms with Crippen molar-refractivity contribution in [2.45, 2.75) is 25.5 Å². The molecule has 0 amide bonds. The number of Topliss-reactive ketones (excluding diaryl/α,β-unsaturated/α-hetero) is 1.